The van der Waals surface area contributed by atoms with Gasteiger partial charge in [-0.1, -0.05) is 24.3 Å². The van der Waals surface area contributed by atoms with Crippen molar-refractivity contribution in [3.8, 4) is 0 Å². The van der Waals surface area contributed by atoms with Crippen LogP contribution in [0.4, 0.5) is 0 Å². The molecule has 0 saturated heterocycles. The topological polar surface area (TPSA) is 81.4 Å². The molecular formula is C15H22N2O3. The molecule has 0 bridgehead atoms. The third-order valence-corrected chi connectivity index (χ3v) is 3.02. The maximum absolute atomic E-state index is 11.3. The van der Waals surface area contributed by atoms with Crippen LogP contribution in [-0.4, -0.2) is 25.5 Å². The number of methoxy groups -OCH3 is 1. The summed E-state index contributed by atoms with van der Waals surface area (Å²) in [5, 5.41) is 3.30. The highest BCUT2D eigenvalue weighted by molar-refractivity contribution is 5.73. The Morgan fingerprint density at radius 3 is 2.55 bits per heavy atom. The van der Waals surface area contributed by atoms with Crippen molar-refractivity contribution in [2.45, 2.75) is 32.2 Å². The first-order chi connectivity index (χ1) is 9.63. The van der Waals surface area contributed by atoms with E-state index in [0.29, 0.717) is 13.0 Å². The lowest BCUT2D eigenvalue weighted by Crippen LogP contribution is -2.18. The Kier molecular flexibility index (Phi) is 7.35. The standard InChI is InChI=1S/C15H22N2O3/c1-20-15(19)10-12-6-2-3-7-13(12)11-17-9-5-4-8-14(16)18/h2-3,6-7,17H,4-5,8-11H2,1H3,(H2,16,18). The zero-order chi connectivity index (χ0) is 14.8. The van der Waals surface area contributed by atoms with E-state index >= 15 is 0 Å². The largest absolute Gasteiger partial charge is 0.469 e. The van der Waals surface area contributed by atoms with Gasteiger partial charge in [-0.15, -0.1) is 0 Å². The molecule has 0 fully saturated rings. The highest BCUT2D eigenvalue weighted by Gasteiger charge is 2.07. The van der Waals surface area contributed by atoms with Gasteiger partial charge in [-0.3, -0.25) is 9.59 Å². The van der Waals surface area contributed by atoms with Crippen molar-refractivity contribution in [1.82, 2.24) is 5.32 Å². The predicted octanol–water partition coefficient (Wildman–Crippen LogP) is 1.15. The first-order valence-electron chi connectivity index (χ1n) is 6.76. The lowest BCUT2D eigenvalue weighted by molar-refractivity contribution is -0.139. The second kappa shape index (κ2) is 9.09. The summed E-state index contributed by atoms with van der Waals surface area (Å²) in [6, 6.07) is 7.79. The lowest BCUT2D eigenvalue weighted by Gasteiger charge is -2.09. The molecule has 0 heterocycles. The third kappa shape index (κ3) is 6.33. The molecular weight excluding hydrogens is 256 g/mol. The smallest absolute Gasteiger partial charge is 0.309 e. The van der Waals surface area contributed by atoms with Gasteiger partial charge < -0.3 is 15.8 Å². The van der Waals surface area contributed by atoms with Gasteiger partial charge in [-0.05, 0) is 30.5 Å². The van der Waals surface area contributed by atoms with E-state index < -0.39 is 0 Å². The Hall–Kier alpha value is -1.88. The second-order valence-corrected chi connectivity index (χ2v) is 4.62. The molecule has 1 aromatic carbocycles. The van der Waals surface area contributed by atoms with Crippen LogP contribution in [-0.2, 0) is 27.3 Å². The van der Waals surface area contributed by atoms with Crippen LogP contribution < -0.4 is 11.1 Å². The number of nitrogens with two attached hydrogens (primary N) is 1. The number of esters is 1. The highest BCUT2D eigenvalue weighted by atomic mass is 16.5. The monoisotopic (exact) mass is 278 g/mol. The molecule has 0 spiro atoms. The molecule has 3 N–H and O–H groups in total. The van der Waals surface area contributed by atoms with Gasteiger partial charge in [0, 0.05) is 13.0 Å². The van der Waals surface area contributed by atoms with Crippen molar-refractivity contribution in [2.24, 2.45) is 5.73 Å². The number of rotatable bonds is 9. The molecule has 0 saturated carbocycles. The maximum Gasteiger partial charge on any atom is 0.309 e. The number of benzene rings is 1. The lowest BCUT2D eigenvalue weighted by atomic mass is 10.0. The Morgan fingerprint density at radius 1 is 1.20 bits per heavy atom. The fraction of sp³-hybridized carbons (Fsp3) is 0.467. The normalized spacial score (nSPS) is 10.2. The van der Waals surface area contributed by atoms with Crippen molar-refractivity contribution in [2.75, 3.05) is 13.7 Å². The summed E-state index contributed by atoms with van der Waals surface area (Å²) < 4.78 is 4.69. The minimum absolute atomic E-state index is 0.237. The molecule has 20 heavy (non-hydrogen) atoms. The van der Waals surface area contributed by atoms with Crippen molar-refractivity contribution < 1.29 is 14.3 Å². The summed E-state index contributed by atoms with van der Waals surface area (Å²) >= 11 is 0. The van der Waals surface area contributed by atoms with Crippen LogP contribution in [0.5, 0.6) is 0 Å². The van der Waals surface area contributed by atoms with Crippen LogP contribution in [0.2, 0.25) is 0 Å². The van der Waals surface area contributed by atoms with Crippen molar-refractivity contribution >= 4 is 11.9 Å². The van der Waals surface area contributed by atoms with E-state index in [2.05, 4.69) is 10.1 Å². The molecule has 0 aromatic heterocycles. The zero-order valence-electron chi connectivity index (χ0n) is 11.9. The van der Waals surface area contributed by atoms with Crippen LogP contribution >= 0.6 is 0 Å². The molecule has 5 heteroatoms. The van der Waals surface area contributed by atoms with Crippen LogP contribution in [0, 0.1) is 0 Å². The molecule has 0 radical (unpaired) electrons. The quantitative estimate of drug-likeness (QED) is 0.524. The molecule has 0 aliphatic carbocycles. The summed E-state index contributed by atoms with van der Waals surface area (Å²) in [5.41, 5.74) is 7.14. The number of hydrogen-bond donors (Lipinski definition) is 2. The van der Waals surface area contributed by atoms with Crippen LogP contribution in [0.1, 0.15) is 30.4 Å². The van der Waals surface area contributed by atoms with Crippen LogP contribution in [0.15, 0.2) is 24.3 Å². The fourth-order valence-corrected chi connectivity index (χ4v) is 1.90. The van der Waals surface area contributed by atoms with Gasteiger partial charge in [0.25, 0.3) is 0 Å². The Morgan fingerprint density at radius 2 is 1.90 bits per heavy atom. The van der Waals surface area contributed by atoms with Crippen LogP contribution in [0.25, 0.3) is 0 Å². The number of carbonyl (C=O) groups excluding carboxylic acids is 2. The van der Waals surface area contributed by atoms with Crippen LogP contribution in [0.3, 0.4) is 0 Å². The molecule has 0 aliphatic heterocycles. The van der Waals surface area contributed by atoms with Crippen molar-refractivity contribution in [3.05, 3.63) is 35.4 Å². The molecule has 1 rings (SSSR count). The first-order valence-corrected chi connectivity index (χ1v) is 6.76. The number of unbranched alkanes of at least 4 members (excludes halogenated alkanes) is 1. The SMILES string of the molecule is COC(=O)Cc1ccccc1CNCCCCC(N)=O. The number of hydrogen-bond acceptors (Lipinski definition) is 4. The maximum atomic E-state index is 11.3. The van der Waals surface area contributed by atoms with Gasteiger partial charge in [-0.25, -0.2) is 0 Å². The zero-order valence-corrected chi connectivity index (χ0v) is 11.9. The number of ether oxygens (including phenoxy) is 1. The first kappa shape index (κ1) is 16.2. The predicted molar refractivity (Wildman–Crippen MR) is 76.9 cm³/mol. The summed E-state index contributed by atoms with van der Waals surface area (Å²) in [4.78, 5) is 21.9. The fourth-order valence-electron chi connectivity index (χ4n) is 1.90. The van der Waals surface area contributed by atoms with E-state index in [1.807, 2.05) is 24.3 Å². The summed E-state index contributed by atoms with van der Waals surface area (Å²) in [6.07, 6.45) is 2.42. The van der Waals surface area contributed by atoms with E-state index in [-0.39, 0.29) is 18.3 Å². The van der Waals surface area contributed by atoms with Gasteiger partial charge >= 0.3 is 5.97 Å². The van der Waals surface area contributed by atoms with Gasteiger partial charge in [0.2, 0.25) is 5.91 Å². The van der Waals surface area contributed by atoms with Crippen molar-refractivity contribution in [3.63, 3.8) is 0 Å². The molecule has 110 valence electrons. The number of primary amides is 1. The Balaban J connectivity index is 2.36. The second-order valence-electron chi connectivity index (χ2n) is 4.62. The van der Waals surface area contributed by atoms with E-state index in [1.165, 1.54) is 7.11 Å². The summed E-state index contributed by atoms with van der Waals surface area (Å²) in [7, 11) is 1.39. The number of nitrogens with one attached hydrogen (secondary N) is 1. The molecule has 0 unspecified atom stereocenters. The van der Waals surface area contributed by atoms with E-state index in [4.69, 9.17) is 5.73 Å². The summed E-state index contributed by atoms with van der Waals surface area (Å²) in [6.45, 7) is 1.52. The summed E-state index contributed by atoms with van der Waals surface area (Å²) in [5.74, 6) is -0.493. The average molecular weight is 278 g/mol. The van der Waals surface area contributed by atoms with Gasteiger partial charge in [0.1, 0.15) is 0 Å². The van der Waals surface area contributed by atoms with E-state index in [9.17, 15) is 9.59 Å². The van der Waals surface area contributed by atoms with Gasteiger partial charge in [0.05, 0.1) is 13.5 Å². The number of amides is 1. The van der Waals surface area contributed by atoms with Crippen molar-refractivity contribution in [1.29, 1.82) is 0 Å². The third-order valence-electron chi connectivity index (χ3n) is 3.02. The highest BCUT2D eigenvalue weighted by Crippen LogP contribution is 2.10. The van der Waals surface area contributed by atoms with E-state index in [0.717, 1.165) is 30.5 Å². The molecule has 5 nitrogen and oxygen atoms in total. The molecule has 1 amide bonds. The average Bonchev–Trinajstić information content (AvgIpc) is 2.43. The minimum Gasteiger partial charge on any atom is -0.469 e. The minimum atomic E-state index is -0.256. The molecule has 0 atom stereocenters. The Labute approximate surface area is 119 Å². The number of carbonyl (C=O) groups is 2. The molecule has 1 aromatic rings. The van der Waals surface area contributed by atoms with Gasteiger partial charge in [0.15, 0.2) is 0 Å². The molecule has 0 aliphatic rings. The van der Waals surface area contributed by atoms with Gasteiger partial charge in [-0.2, -0.15) is 0 Å². The van der Waals surface area contributed by atoms with E-state index in [1.54, 1.807) is 0 Å². The Bertz CT molecular complexity index is 446.